The van der Waals surface area contributed by atoms with Gasteiger partial charge in [0.25, 0.3) is 5.69 Å². The van der Waals surface area contributed by atoms with Crippen molar-refractivity contribution in [2.75, 3.05) is 11.5 Å². The van der Waals surface area contributed by atoms with Crippen molar-refractivity contribution in [3.05, 3.63) is 55.7 Å². The quantitative estimate of drug-likeness (QED) is 0.352. The first-order chi connectivity index (χ1) is 14.2. The summed E-state index contributed by atoms with van der Waals surface area (Å²) in [6, 6.07) is 7.28. The van der Waals surface area contributed by atoms with Crippen LogP contribution in [0.25, 0.3) is 0 Å². The van der Waals surface area contributed by atoms with Gasteiger partial charge in [-0.25, -0.2) is 4.90 Å². The summed E-state index contributed by atoms with van der Waals surface area (Å²) in [6.07, 6.45) is 0. The van der Waals surface area contributed by atoms with Crippen LogP contribution in [0, 0.1) is 22.0 Å². The maximum Gasteiger partial charge on any atom is 0.327 e. The zero-order valence-electron chi connectivity index (χ0n) is 15.0. The number of aliphatic hydroxyl groups excluding tert-OH is 1. The Bertz CT molecular complexity index is 1090. The van der Waals surface area contributed by atoms with Crippen molar-refractivity contribution in [2.24, 2.45) is 11.8 Å². The summed E-state index contributed by atoms with van der Waals surface area (Å²) in [5, 5.41) is 33.7. The third-order valence-corrected chi connectivity index (χ3v) is 6.80. The van der Waals surface area contributed by atoms with Crippen LogP contribution in [0.3, 0.4) is 0 Å². The van der Waals surface area contributed by atoms with Crippen LogP contribution in [0.15, 0.2) is 36.4 Å². The maximum absolute atomic E-state index is 13.3. The van der Waals surface area contributed by atoms with E-state index >= 15 is 0 Å². The van der Waals surface area contributed by atoms with Crippen molar-refractivity contribution >= 4 is 52.1 Å². The van der Waals surface area contributed by atoms with Gasteiger partial charge in [0, 0.05) is 17.0 Å². The number of rotatable bonds is 5. The standard InChI is InChI=1S/C18H14ClN3O7S/c19-11-5-4-10(30-11)14-12-13(18(7-23,20-14)17(26)27)16(25)21(15(12)24)8-2-1-3-9(6-8)22(28)29/h1-6,12-14,20,23H,7H2,(H,26,27). The Morgan fingerprint density at radius 1 is 1.30 bits per heavy atom. The average Bonchev–Trinajstić information content (AvgIpc) is 3.36. The van der Waals surface area contributed by atoms with Gasteiger partial charge in [-0.3, -0.25) is 29.8 Å². The molecular formula is C18H14ClN3O7S. The molecule has 3 heterocycles. The van der Waals surface area contributed by atoms with Gasteiger partial charge in [-0.15, -0.1) is 11.3 Å². The highest BCUT2D eigenvalue weighted by molar-refractivity contribution is 7.16. The minimum absolute atomic E-state index is 0.0335. The van der Waals surface area contributed by atoms with Crippen LogP contribution in [0.1, 0.15) is 10.9 Å². The number of fused-ring (bicyclic) bond motifs is 1. The molecule has 2 aliphatic heterocycles. The summed E-state index contributed by atoms with van der Waals surface area (Å²) in [5.41, 5.74) is -2.45. The van der Waals surface area contributed by atoms with E-state index in [4.69, 9.17) is 11.6 Å². The molecule has 0 saturated carbocycles. The summed E-state index contributed by atoms with van der Waals surface area (Å²) in [4.78, 5) is 50.4. The monoisotopic (exact) mass is 451 g/mol. The van der Waals surface area contributed by atoms with Crippen molar-refractivity contribution < 1.29 is 29.5 Å². The fourth-order valence-corrected chi connectivity index (χ4v) is 5.31. The highest BCUT2D eigenvalue weighted by Gasteiger charge is 2.69. The molecular weight excluding hydrogens is 438 g/mol. The molecule has 2 amide bonds. The fourth-order valence-electron chi connectivity index (χ4n) is 4.15. The summed E-state index contributed by atoms with van der Waals surface area (Å²) in [7, 11) is 0. The molecule has 0 bridgehead atoms. The van der Waals surface area contributed by atoms with E-state index < -0.39 is 52.7 Å². The number of benzene rings is 1. The number of carbonyl (C=O) groups excluding carboxylic acids is 2. The molecule has 10 nitrogen and oxygen atoms in total. The third kappa shape index (κ3) is 2.82. The summed E-state index contributed by atoms with van der Waals surface area (Å²) >= 11 is 7.11. The lowest BCUT2D eigenvalue weighted by atomic mass is 9.80. The van der Waals surface area contributed by atoms with Crippen molar-refractivity contribution in [3.63, 3.8) is 0 Å². The van der Waals surface area contributed by atoms with Gasteiger partial charge < -0.3 is 10.2 Å². The van der Waals surface area contributed by atoms with Gasteiger partial charge in [-0.2, -0.15) is 0 Å². The number of non-ortho nitro benzene ring substituents is 1. The highest BCUT2D eigenvalue weighted by Crippen LogP contribution is 2.51. The van der Waals surface area contributed by atoms with Gasteiger partial charge in [-0.1, -0.05) is 17.7 Å². The normalized spacial score (nSPS) is 28.1. The van der Waals surface area contributed by atoms with Crippen LogP contribution in [0.4, 0.5) is 11.4 Å². The lowest BCUT2D eigenvalue weighted by Crippen LogP contribution is -2.58. The molecule has 1 aromatic heterocycles. The molecule has 4 atom stereocenters. The Balaban J connectivity index is 1.84. The molecule has 0 aliphatic carbocycles. The predicted molar refractivity (Wildman–Crippen MR) is 105 cm³/mol. The van der Waals surface area contributed by atoms with Crippen LogP contribution < -0.4 is 10.2 Å². The van der Waals surface area contributed by atoms with E-state index in [1.54, 1.807) is 12.1 Å². The first kappa shape index (κ1) is 20.4. The largest absolute Gasteiger partial charge is 0.480 e. The maximum atomic E-state index is 13.3. The fraction of sp³-hybridized carbons (Fsp3) is 0.278. The number of hydrogen-bond donors (Lipinski definition) is 3. The Labute approximate surface area is 177 Å². The topological polar surface area (TPSA) is 150 Å². The number of carboxylic acid groups (broad SMARTS) is 1. The molecule has 3 N–H and O–H groups in total. The van der Waals surface area contributed by atoms with Crippen LogP contribution in [0.2, 0.25) is 4.34 Å². The van der Waals surface area contributed by atoms with E-state index in [1.165, 1.54) is 18.2 Å². The number of aliphatic hydroxyl groups is 1. The van der Waals surface area contributed by atoms with E-state index in [0.29, 0.717) is 9.21 Å². The minimum Gasteiger partial charge on any atom is -0.480 e. The number of nitro groups is 1. The number of imide groups is 1. The smallest absolute Gasteiger partial charge is 0.327 e. The molecule has 2 fully saturated rings. The summed E-state index contributed by atoms with van der Waals surface area (Å²) in [6.45, 7) is -0.930. The van der Waals surface area contributed by atoms with Gasteiger partial charge in [-0.05, 0) is 18.2 Å². The number of nitrogens with zero attached hydrogens (tertiary/aromatic N) is 2. The second-order valence-electron chi connectivity index (χ2n) is 6.99. The Morgan fingerprint density at radius 3 is 2.60 bits per heavy atom. The van der Waals surface area contributed by atoms with Crippen LogP contribution >= 0.6 is 22.9 Å². The van der Waals surface area contributed by atoms with Crippen molar-refractivity contribution in [1.82, 2.24) is 5.32 Å². The number of amides is 2. The molecule has 156 valence electrons. The third-order valence-electron chi connectivity index (χ3n) is 5.48. The number of aliphatic carboxylic acids is 1. The molecule has 0 spiro atoms. The van der Waals surface area contributed by atoms with E-state index in [1.807, 2.05) is 0 Å². The first-order valence-electron chi connectivity index (χ1n) is 8.70. The molecule has 4 rings (SSSR count). The number of nitro benzene ring substituents is 1. The van der Waals surface area contributed by atoms with E-state index in [2.05, 4.69) is 5.32 Å². The molecule has 2 saturated heterocycles. The average molecular weight is 452 g/mol. The second kappa shape index (κ2) is 7.13. The van der Waals surface area contributed by atoms with Crippen LogP contribution in [-0.4, -0.2) is 45.1 Å². The van der Waals surface area contributed by atoms with Gasteiger partial charge in [0.15, 0.2) is 5.54 Å². The zero-order chi connectivity index (χ0) is 21.8. The zero-order valence-corrected chi connectivity index (χ0v) is 16.6. The van der Waals surface area contributed by atoms with E-state index in [0.717, 1.165) is 22.3 Å². The van der Waals surface area contributed by atoms with Crippen molar-refractivity contribution in [1.29, 1.82) is 0 Å². The second-order valence-corrected chi connectivity index (χ2v) is 8.74. The lowest BCUT2D eigenvalue weighted by Gasteiger charge is -2.28. The number of anilines is 1. The molecule has 4 unspecified atom stereocenters. The Hall–Kier alpha value is -2.86. The molecule has 30 heavy (non-hydrogen) atoms. The molecule has 12 heteroatoms. The lowest BCUT2D eigenvalue weighted by molar-refractivity contribution is -0.384. The molecule has 2 aromatic rings. The van der Waals surface area contributed by atoms with Gasteiger partial charge in [0.1, 0.15) is 0 Å². The van der Waals surface area contributed by atoms with Crippen LogP contribution in [-0.2, 0) is 14.4 Å². The van der Waals surface area contributed by atoms with Crippen molar-refractivity contribution in [2.45, 2.75) is 11.6 Å². The number of hydrogen-bond acceptors (Lipinski definition) is 8. The SMILES string of the molecule is O=C1C2C(c3ccc(Cl)s3)NC(CO)(C(=O)O)C2C(=O)N1c1cccc([N+](=O)[O-])c1. The molecule has 0 radical (unpaired) electrons. The summed E-state index contributed by atoms with van der Waals surface area (Å²) in [5.74, 6) is -5.57. The number of halogens is 1. The molecule has 1 aromatic carbocycles. The minimum atomic E-state index is -2.09. The summed E-state index contributed by atoms with van der Waals surface area (Å²) < 4.78 is 0.410. The highest BCUT2D eigenvalue weighted by atomic mass is 35.5. The number of thiophene rings is 1. The van der Waals surface area contributed by atoms with Crippen molar-refractivity contribution in [3.8, 4) is 0 Å². The van der Waals surface area contributed by atoms with E-state index in [9.17, 15) is 34.7 Å². The first-order valence-corrected chi connectivity index (χ1v) is 9.90. The van der Waals surface area contributed by atoms with Gasteiger partial charge in [0.05, 0.1) is 39.4 Å². The van der Waals surface area contributed by atoms with Gasteiger partial charge >= 0.3 is 5.97 Å². The van der Waals surface area contributed by atoms with Gasteiger partial charge in [0.2, 0.25) is 11.8 Å². The Morgan fingerprint density at radius 2 is 2.03 bits per heavy atom. The number of carboxylic acids is 1. The van der Waals surface area contributed by atoms with E-state index in [-0.39, 0.29) is 11.4 Å². The molecule has 2 aliphatic rings. The Kier molecular flexibility index (Phi) is 4.85. The number of carbonyl (C=O) groups is 3. The predicted octanol–water partition coefficient (Wildman–Crippen LogP) is 1.58. The van der Waals surface area contributed by atoms with Crippen LogP contribution in [0.5, 0.6) is 0 Å². The number of nitrogens with one attached hydrogen (secondary N) is 1.